The summed E-state index contributed by atoms with van der Waals surface area (Å²) in [5.74, 6) is -0.359. The van der Waals surface area contributed by atoms with Crippen LogP contribution in [0, 0.1) is 0 Å². The zero-order valence-electron chi connectivity index (χ0n) is 18.2. The van der Waals surface area contributed by atoms with Gasteiger partial charge in [-0.05, 0) is 49.7 Å². The molecule has 10 heteroatoms. The molecule has 0 atom stereocenters. The van der Waals surface area contributed by atoms with Gasteiger partial charge in [0.15, 0.2) is 0 Å². The van der Waals surface area contributed by atoms with Gasteiger partial charge in [0.2, 0.25) is 0 Å². The van der Waals surface area contributed by atoms with Crippen molar-refractivity contribution in [2.24, 2.45) is 0 Å². The molecule has 0 saturated heterocycles. The second-order valence-corrected chi connectivity index (χ2v) is 9.24. The summed E-state index contributed by atoms with van der Waals surface area (Å²) in [5.41, 5.74) is -0.0450. The lowest BCUT2D eigenvalue weighted by atomic mass is 9.98. The molecule has 32 heavy (non-hydrogen) atoms. The van der Waals surface area contributed by atoms with Crippen LogP contribution in [-0.2, 0) is 22.2 Å². The standard InChI is InChI=1S/C22H25N3O6S/c1-22(2,27)17-8-9-18(30-3)20(13-17)32(28,29)24-21(26)15-6-7-16(19(12-15)31-4)14-25-11-5-10-23-25/h5-13,27H,14H2,1-4H3,(H,24,26). The smallest absolute Gasteiger partial charge is 0.268 e. The molecule has 9 nitrogen and oxygen atoms in total. The predicted octanol–water partition coefficient (Wildman–Crippen LogP) is 2.29. The largest absolute Gasteiger partial charge is 0.496 e. The van der Waals surface area contributed by atoms with Crippen LogP contribution in [0.1, 0.15) is 35.3 Å². The highest BCUT2D eigenvalue weighted by molar-refractivity contribution is 7.90. The Morgan fingerprint density at radius 3 is 2.44 bits per heavy atom. The monoisotopic (exact) mass is 459 g/mol. The van der Waals surface area contributed by atoms with E-state index in [0.717, 1.165) is 5.56 Å². The lowest BCUT2D eigenvalue weighted by molar-refractivity contribution is 0.0783. The van der Waals surface area contributed by atoms with Crippen molar-refractivity contribution in [2.75, 3.05) is 14.2 Å². The molecule has 2 aromatic carbocycles. The van der Waals surface area contributed by atoms with Gasteiger partial charge in [-0.2, -0.15) is 5.10 Å². The maximum Gasteiger partial charge on any atom is 0.268 e. The summed E-state index contributed by atoms with van der Waals surface area (Å²) in [6.45, 7) is 3.49. The SMILES string of the molecule is COc1cc(C(=O)NS(=O)(=O)c2cc(C(C)(C)O)ccc2OC)ccc1Cn1cccn1. The Morgan fingerprint density at radius 1 is 1.12 bits per heavy atom. The van der Waals surface area contributed by atoms with Crippen LogP contribution >= 0.6 is 0 Å². The van der Waals surface area contributed by atoms with Crippen LogP contribution in [0.25, 0.3) is 0 Å². The molecule has 0 aliphatic rings. The number of carbonyl (C=O) groups is 1. The van der Waals surface area contributed by atoms with E-state index in [2.05, 4.69) is 9.82 Å². The number of nitrogens with zero attached hydrogens (tertiary/aromatic N) is 2. The van der Waals surface area contributed by atoms with Gasteiger partial charge in [0.05, 0.1) is 26.4 Å². The van der Waals surface area contributed by atoms with Crippen molar-refractivity contribution in [1.29, 1.82) is 0 Å². The first-order chi connectivity index (χ1) is 15.0. The highest BCUT2D eigenvalue weighted by atomic mass is 32.2. The summed E-state index contributed by atoms with van der Waals surface area (Å²) >= 11 is 0. The molecule has 0 aliphatic carbocycles. The van der Waals surface area contributed by atoms with E-state index < -0.39 is 21.5 Å². The predicted molar refractivity (Wildman–Crippen MR) is 117 cm³/mol. The third kappa shape index (κ3) is 5.09. The fourth-order valence-corrected chi connectivity index (χ4v) is 4.26. The van der Waals surface area contributed by atoms with Gasteiger partial charge in [0.25, 0.3) is 15.9 Å². The van der Waals surface area contributed by atoms with Gasteiger partial charge >= 0.3 is 0 Å². The number of ether oxygens (including phenoxy) is 2. The molecule has 0 spiro atoms. The lowest BCUT2D eigenvalue weighted by Gasteiger charge is -2.20. The number of amides is 1. The average molecular weight is 460 g/mol. The van der Waals surface area contributed by atoms with E-state index in [1.54, 1.807) is 35.3 Å². The number of aliphatic hydroxyl groups is 1. The van der Waals surface area contributed by atoms with Crippen molar-refractivity contribution in [1.82, 2.24) is 14.5 Å². The van der Waals surface area contributed by atoms with E-state index in [-0.39, 0.29) is 16.2 Å². The minimum Gasteiger partial charge on any atom is -0.496 e. The first kappa shape index (κ1) is 23.3. The fraction of sp³-hybridized carbons (Fsp3) is 0.273. The normalized spacial score (nSPS) is 11.8. The van der Waals surface area contributed by atoms with E-state index in [9.17, 15) is 18.3 Å². The van der Waals surface area contributed by atoms with Crippen molar-refractivity contribution < 1.29 is 27.8 Å². The number of hydrogen-bond donors (Lipinski definition) is 2. The zero-order valence-corrected chi connectivity index (χ0v) is 19.0. The maximum absolute atomic E-state index is 13.0. The molecular formula is C22H25N3O6S. The van der Waals surface area contributed by atoms with Gasteiger partial charge in [-0.3, -0.25) is 9.48 Å². The first-order valence-electron chi connectivity index (χ1n) is 9.67. The second kappa shape index (κ2) is 9.01. The van der Waals surface area contributed by atoms with E-state index in [0.29, 0.717) is 17.9 Å². The van der Waals surface area contributed by atoms with Gasteiger partial charge in [-0.1, -0.05) is 12.1 Å². The highest BCUT2D eigenvalue weighted by Gasteiger charge is 2.26. The molecule has 1 heterocycles. The summed E-state index contributed by atoms with van der Waals surface area (Å²) in [4.78, 5) is 12.5. The fourth-order valence-electron chi connectivity index (χ4n) is 3.09. The molecule has 1 amide bonds. The molecule has 2 N–H and O–H groups in total. The Kier molecular flexibility index (Phi) is 6.56. The van der Waals surface area contributed by atoms with Gasteiger partial charge < -0.3 is 14.6 Å². The van der Waals surface area contributed by atoms with Crippen molar-refractivity contribution in [3.8, 4) is 11.5 Å². The van der Waals surface area contributed by atoms with Crippen molar-refractivity contribution >= 4 is 15.9 Å². The van der Waals surface area contributed by atoms with Crippen LogP contribution in [0.2, 0.25) is 0 Å². The number of nitrogens with one attached hydrogen (secondary N) is 1. The highest BCUT2D eigenvalue weighted by Crippen LogP contribution is 2.30. The van der Waals surface area contributed by atoms with E-state index in [1.165, 1.54) is 52.3 Å². The number of rotatable bonds is 8. The van der Waals surface area contributed by atoms with Crippen LogP contribution in [-0.4, -0.2) is 43.4 Å². The van der Waals surface area contributed by atoms with Gasteiger partial charge in [-0.25, -0.2) is 13.1 Å². The van der Waals surface area contributed by atoms with Gasteiger partial charge in [0, 0.05) is 23.5 Å². The molecule has 0 unspecified atom stereocenters. The molecule has 3 aromatic rings. The maximum atomic E-state index is 13.0. The molecule has 3 rings (SSSR count). The quantitative estimate of drug-likeness (QED) is 0.530. The van der Waals surface area contributed by atoms with E-state index >= 15 is 0 Å². The lowest BCUT2D eigenvalue weighted by Crippen LogP contribution is -2.31. The van der Waals surface area contributed by atoms with E-state index in [1.807, 2.05) is 0 Å². The summed E-state index contributed by atoms with van der Waals surface area (Å²) in [7, 11) is -1.51. The molecule has 0 bridgehead atoms. The van der Waals surface area contributed by atoms with Crippen molar-refractivity contribution in [2.45, 2.75) is 30.9 Å². The summed E-state index contributed by atoms with van der Waals surface area (Å²) in [5, 5.41) is 14.4. The number of sulfonamides is 1. The van der Waals surface area contributed by atoms with Gasteiger partial charge in [-0.15, -0.1) is 0 Å². The molecule has 0 aliphatic heterocycles. The first-order valence-corrected chi connectivity index (χ1v) is 11.2. The van der Waals surface area contributed by atoms with Crippen LogP contribution in [0.3, 0.4) is 0 Å². The Hall–Kier alpha value is -3.37. The number of methoxy groups -OCH3 is 2. The molecule has 0 fully saturated rings. The third-order valence-corrected chi connectivity index (χ3v) is 6.18. The summed E-state index contributed by atoms with van der Waals surface area (Å²) in [6.07, 6.45) is 3.45. The third-order valence-electron chi connectivity index (χ3n) is 4.83. The summed E-state index contributed by atoms with van der Waals surface area (Å²) in [6, 6.07) is 10.7. The van der Waals surface area contributed by atoms with Crippen LogP contribution in [0.4, 0.5) is 0 Å². The number of carbonyl (C=O) groups excluding carboxylic acids is 1. The summed E-state index contributed by atoms with van der Waals surface area (Å²) < 4.78 is 40.2. The number of benzene rings is 2. The van der Waals surface area contributed by atoms with Crippen LogP contribution in [0.15, 0.2) is 59.8 Å². The average Bonchev–Trinajstić information content (AvgIpc) is 3.25. The van der Waals surface area contributed by atoms with Crippen molar-refractivity contribution in [3.63, 3.8) is 0 Å². The van der Waals surface area contributed by atoms with Crippen LogP contribution < -0.4 is 14.2 Å². The Balaban J connectivity index is 1.89. The molecule has 0 saturated carbocycles. The van der Waals surface area contributed by atoms with Gasteiger partial charge in [0.1, 0.15) is 16.4 Å². The zero-order chi connectivity index (χ0) is 23.5. The Bertz CT molecular complexity index is 1210. The molecular weight excluding hydrogens is 434 g/mol. The number of hydrogen-bond acceptors (Lipinski definition) is 7. The Labute approximate surface area is 186 Å². The molecule has 0 radical (unpaired) electrons. The molecule has 1 aromatic heterocycles. The minimum absolute atomic E-state index is 0.0467. The Morgan fingerprint density at radius 2 is 1.84 bits per heavy atom. The van der Waals surface area contributed by atoms with E-state index in [4.69, 9.17) is 9.47 Å². The second-order valence-electron chi connectivity index (χ2n) is 7.59. The minimum atomic E-state index is -4.29. The van der Waals surface area contributed by atoms with Crippen molar-refractivity contribution in [3.05, 3.63) is 71.5 Å². The number of aromatic nitrogens is 2. The molecule has 170 valence electrons. The topological polar surface area (TPSA) is 120 Å². The van der Waals surface area contributed by atoms with Crippen LogP contribution in [0.5, 0.6) is 11.5 Å².